The molecule has 1 aliphatic heterocycles. The minimum absolute atomic E-state index is 0.184. The van der Waals surface area contributed by atoms with Gasteiger partial charge < -0.3 is 0 Å². The number of halogens is 1. The Hall–Kier alpha value is -0.290. The van der Waals surface area contributed by atoms with E-state index in [2.05, 4.69) is 34.9 Å². The second-order valence-electron chi connectivity index (χ2n) is 4.97. The normalized spacial score (nSPS) is 23.6. The molecule has 18 heavy (non-hydrogen) atoms. The summed E-state index contributed by atoms with van der Waals surface area (Å²) in [5.74, 6) is 1.44. The number of aryl methyl sites for hydroxylation is 2. The Morgan fingerprint density at radius 2 is 2.33 bits per heavy atom. The zero-order valence-electron chi connectivity index (χ0n) is 11.1. The van der Waals surface area contributed by atoms with Crippen molar-refractivity contribution in [2.45, 2.75) is 44.3 Å². The molecule has 5 heteroatoms. The fourth-order valence-electron chi connectivity index (χ4n) is 2.35. The molecular weight excluding hydrogens is 312 g/mol. The van der Waals surface area contributed by atoms with Gasteiger partial charge in [0.1, 0.15) is 0 Å². The van der Waals surface area contributed by atoms with E-state index < -0.39 is 0 Å². The first-order valence-corrected chi connectivity index (χ1v) is 8.13. The summed E-state index contributed by atoms with van der Waals surface area (Å²) < 4.78 is 2.66. The van der Waals surface area contributed by atoms with Crippen LogP contribution >= 0.6 is 27.7 Å². The Kier molecular flexibility index (Phi) is 4.22. The van der Waals surface area contributed by atoms with Crippen LogP contribution in [-0.2, 0) is 24.7 Å². The van der Waals surface area contributed by atoms with E-state index in [-0.39, 0.29) is 4.75 Å². The third kappa shape index (κ3) is 2.52. The van der Waals surface area contributed by atoms with Crippen molar-refractivity contribution in [1.82, 2.24) is 9.78 Å². The SMILES string of the molecule is CCc1nn(C)c(CC(=O)C2(C)CCCS2)c1Br. The third-order valence-electron chi connectivity index (χ3n) is 3.64. The van der Waals surface area contributed by atoms with Gasteiger partial charge in [-0.3, -0.25) is 9.48 Å². The number of hydrogen-bond acceptors (Lipinski definition) is 3. The molecule has 0 spiro atoms. The molecule has 3 nitrogen and oxygen atoms in total. The maximum Gasteiger partial charge on any atom is 0.154 e. The van der Waals surface area contributed by atoms with Gasteiger partial charge >= 0.3 is 0 Å². The van der Waals surface area contributed by atoms with Gasteiger partial charge in [-0.25, -0.2) is 0 Å². The van der Waals surface area contributed by atoms with E-state index in [9.17, 15) is 4.79 Å². The van der Waals surface area contributed by atoms with Gasteiger partial charge in [0, 0.05) is 7.05 Å². The number of carbonyl (C=O) groups excluding carboxylic acids is 1. The highest BCUT2D eigenvalue weighted by atomic mass is 79.9. The summed E-state index contributed by atoms with van der Waals surface area (Å²) in [7, 11) is 1.91. The molecule has 1 aromatic heterocycles. The smallest absolute Gasteiger partial charge is 0.154 e. The summed E-state index contributed by atoms with van der Waals surface area (Å²) >= 11 is 5.38. The number of rotatable bonds is 4. The zero-order valence-corrected chi connectivity index (χ0v) is 13.5. The van der Waals surface area contributed by atoms with Crippen LogP contribution in [0.5, 0.6) is 0 Å². The van der Waals surface area contributed by atoms with Crippen LogP contribution in [0.3, 0.4) is 0 Å². The second kappa shape index (κ2) is 5.37. The van der Waals surface area contributed by atoms with Crippen molar-refractivity contribution in [1.29, 1.82) is 0 Å². The summed E-state index contributed by atoms with van der Waals surface area (Å²) in [6.07, 6.45) is 3.52. The van der Waals surface area contributed by atoms with Gasteiger partial charge in [0.2, 0.25) is 0 Å². The number of thioether (sulfide) groups is 1. The molecule has 1 fully saturated rings. The lowest BCUT2D eigenvalue weighted by Crippen LogP contribution is -2.30. The Morgan fingerprint density at radius 3 is 2.83 bits per heavy atom. The average molecular weight is 331 g/mol. The van der Waals surface area contributed by atoms with Crippen molar-refractivity contribution in [2.75, 3.05) is 5.75 Å². The van der Waals surface area contributed by atoms with Crippen molar-refractivity contribution in [2.24, 2.45) is 7.05 Å². The largest absolute Gasteiger partial charge is 0.298 e. The zero-order chi connectivity index (χ0) is 13.3. The minimum Gasteiger partial charge on any atom is -0.298 e. The van der Waals surface area contributed by atoms with Gasteiger partial charge in [0.15, 0.2) is 5.78 Å². The fraction of sp³-hybridized carbons (Fsp3) is 0.692. The molecular formula is C13H19BrN2OS. The Labute approximate surface area is 121 Å². The molecule has 1 aliphatic rings. The van der Waals surface area contributed by atoms with Gasteiger partial charge in [-0.2, -0.15) is 5.10 Å². The maximum atomic E-state index is 12.5. The number of ketones is 1. The highest BCUT2D eigenvalue weighted by molar-refractivity contribution is 9.10. The predicted molar refractivity (Wildman–Crippen MR) is 79.1 cm³/mol. The molecule has 2 heterocycles. The Bertz CT molecular complexity index is 464. The van der Waals surface area contributed by atoms with Gasteiger partial charge in [-0.15, -0.1) is 11.8 Å². The van der Waals surface area contributed by atoms with Gasteiger partial charge in [-0.05, 0) is 47.9 Å². The van der Waals surface area contributed by atoms with Crippen LogP contribution in [0.4, 0.5) is 0 Å². The molecule has 1 saturated heterocycles. The van der Waals surface area contributed by atoms with Gasteiger partial charge in [-0.1, -0.05) is 6.92 Å². The van der Waals surface area contributed by atoms with Crippen LogP contribution in [-0.4, -0.2) is 26.1 Å². The van der Waals surface area contributed by atoms with E-state index in [0.717, 1.165) is 40.9 Å². The summed E-state index contributed by atoms with van der Waals surface area (Å²) in [4.78, 5) is 12.5. The Balaban J connectivity index is 2.19. The number of hydrogen-bond donors (Lipinski definition) is 0. The van der Waals surface area contributed by atoms with E-state index in [0.29, 0.717) is 12.2 Å². The highest BCUT2D eigenvalue weighted by Crippen LogP contribution is 2.39. The van der Waals surface area contributed by atoms with E-state index in [1.54, 1.807) is 11.8 Å². The van der Waals surface area contributed by atoms with Crippen LogP contribution in [0, 0.1) is 0 Å². The van der Waals surface area contributed by atoms with Crippen molar-refractivity contribution in [3.05, 3.63) is 15.9 Å². The first-order chi connectivity index (χ1) is 8.48. The van der Waals surface area contributed by atoms with Crippen molar-refractivity contribution in [3.63, 3.8) is 0 Å². The molecule has 1 unspecified atom stereocenters. The summed E-state index contributed by atoms with van der Waals surface area (Å²) in [6.45, 7) is 4.16. The molecule has 0 radical (unpaired) electrons. The van der Waals surface area contributed by atoms with Gasteiger partial charge in [0.25, 0.3) is 0 Å². The van der Waals surface area contributed by atoms with Crippen molar-refractivity contribution in [3.8, 4) is 0 Å². The topological polar surface area (TPSA) is 34.9 Å². The molecule has 0 saturated carbocycles. The first kappa shape index (κ1) is 14.1. The number of Topliss-reactive ketones (excluding diaryl/α,β-unsaturated/α-hetero) is 1. The average Bonchev–Trinajstić information content (AvgIpc) is 2.89. The fourth-order valence-corrected chi connectivity index (χ4v) is 4.37. The number of aromatic nitrogens is 2. The van der Waals surface area contributed by atoms with Crippen LogP contribution in [0.2, 0.25) is 0 Å². The van der Waals surface area contributed by atoms with Crippen LogP contribution < -0.4 is 0 Å². The van der Waals surface area contributed by atoms with Crippen molar-refractivity contribution < 1.29 is 4.79 Å². The summed E-state index contributed by atoms with van der Waals surface area (Å²) in [6, 6.07) is 0. The molecule has 2 rings (SSSR count). The van der Waals surface area contributed by atoms with Crippen LogP contribution in [0.15, 0.2) is 4.47 Å². The van der Waals surface area contributed by atoms with Crippen LogP contribution in [0.1, 0.15) is 38.1 Å². The number of carbonyl (C=O) groups is 1. The lowest BCUT2D eigenvalue weighted by atomic mass is 9.97. The minimum atomic E-state index is -0.184. The van der Waals surface area contributed by atoms with Gasteiger partial charge in [0.05, 0.1) is 27.0 Å². The quantitative estimate of drug-likeness (QED) is 0.850. The van der Waals surface area contributed by atoms with E-state index >= 15 is 0 Å². The molecule has 0 aliphatic carbocycles. The molecule has 0 bridgehead atoms. The van der Waals surface area contributed by atoms with Crippen molar-refractivity contribution >= 4 is 33.5 Å². The lowest BCUT2D eigenvalue weighted by molar-refractivity contribution is -0.120. The molecule has 100 valence electrons. The second-order valence-corrected chi connectivity index (χ2v) is 7.36. The number of nitrogens with zero attached hydrogens (tertiary/aromatic N) is 2. The monoisotopic (exact) mass is 330 g/mol. The first-order valence-electron chi connectivity index (χ1n) is 6.35. The highest BCUT2D eigenvalue weighted by Gasteiger charge is 2.37. The molecule has 0 amide bonds. The van der Waals surface area contributed by atoms with E-state index in [4.69, 9.17) is 0 Å². The molecule has 0 aromatic carbocycles. The third-order valence-corrected chi connectivity index (χ3v) is 6.12. The summed E-state index contributed by atoms with van der Waals surface area (Å²) in [5.41, 5.74) is 2.04. The predicted octanol–water partition coefficient (Wildman–Crippen LogP) is 3.14. The van der Waals surface area contributed by atoms with E-state index in [1.807, 2.05) is 11.7 Å². The molecule has 1 aromatic rings. The lowest BCUT2D eigenvalue weighted by Gasteiger charge is -2.20. The maximum absolute atomic E-state index is 12.5. The molecule has 1 atom stereocenters. The summed E-state index contributed by atoms with van der Waals surface area (Å²) in [5, 5.41) is 4.44. The molecule has 0 N–H and O–H groups in total. The standard InChI is InChI=1S/C13H19BrN2OS/c1-4-9-12(14)10(16(3)15-9)8-11(17)13(2)6-5-7-18-13/h4-8H2,1-3H3. The Morgan fingerprint density at radius 1 is 1.61 bits per heavy atom. The van der Waals surface area contributed by atoms with E-state index in [1.165, 1.54) is 0 Å². The van der Waals surface area contributed by atoms with Crippen LogP contribution in [0.25, 0.3) is 0 Å².